The van der Waals surface area contributed by atoms with Crippen molar-refractivity contribution in [1.82, 2.24) is 10.2 Å². The second-order valence-electron chi connectivity index (χ2n) is 6.60. The summed E-state index contributed by atoms with van der Waals surface area (Å²) in [6.45, 7) is 2.17. The van der Waals surface area contributed by atoms with Crippen molar-refractivity contribution in [2.24, 2.45) is 5.92 Å². The largest absolute Gasteiger partial charge is 0.495 e. The number of rotatable bonds is 7. The number of benzene rings is 1. The molecule has 1 fully saturated rings. The third kappa shape index (κ3) is 5.34. The van der Waals surface area contributed by atoms with Gasteiger partial charge in [-0.3, -0.25) is 14.5 Å². The molecule has 0 saturated carbocycles. The molecule has 2 heterocycles. The summed E-state index contributed by atoms with van der Waals surface area (Å²) in [5, 5.41) is 5.79. The quantitative estimate of drug-likeness (QED) is 0.780. The molecule has 0 spiro atoms. The number of carbonyl (C=O) groups is 2. The van der Waals surface area contributed by atoms with Crippen LogP contribution in [0.4, 0.5) is 5.69 Å². The minimum absolute atomic E-state index is 0.00132. The highest BCUT2D eigenvalue weighted by molar-refractivity contribution is 5.94. The van der Waals surface area contributed by atoms with Crippen LogP contribution in [-0.2, 0) is 16.1 Å². The summed E-state index contributed by atoms with van der Waals surface area (Å²) in [5.41, 5.74) is 0.685. The SMILES string of the molecule is COc1ccccc1NC(=O)C1CCN(CC(=O)NCc2ccco2)CC1. The number of anilines is 1. The van der Waals surface area contributed by atoms with E-state index in [1.807, 2.05) is 30.3 Å². The van der Waals surface area contributed by atoms with E-state index in [0.717, 1.165) is 31.7 Å². The van der Waals surface area contributed by atoms with E-state index in [2.05, 4.69) is 15.5 Å². The molecule has 0 radical (unpaired) electrons. The second kappa shape index (κ2) is 9.23. The highest BCUT2D eigenvalue weighted by Gasteiger charge is 2.26. The number of ether oxygens (including phenoxy) is 1. The van der Waals surface area contributed by atoms with Crippen molar-refractivity contribution in [3.63, 3.8) is 0 Å². The number of nitrogens with zero attached hydrogens (tertiary/aromatic N) is 1. The lowest BCUT2D eigenvalue weighted by atomic mass is 9.95. The molecular formula is C20H25N3O4. The number of para-hydroxylation sites is 2. The summed E-state index contributed by atoms with van der Waals surface area (Å²) < 4.78 is 10.5. The molecule has 7 heteroatoms. The van der Waals surface area contributed by atoms with Crippen molar-refractivity contribution in [1.29, 1.82) is 0 Å². The summed E-state index contributed by atoms with van der Waals surface area (Å²) >= 11 is 0. The lowest BCUT2D eigenvalue weighted by molar-refractivity contribution is -0.123. The molecule has 0 atom stereocenters. The van der Waals surface area contributed by atoms with E-state index in [0.29, 0.717) is 24.5 Å². The highest BCUT2D eigenvalue weighted by Crippen LogP contribution is 2.25. The topological polar surface area (TPSA) is 83.8 Å². The van der Waals surface area contributed by atoms with Crippen molar-refractivity contribution < 1.29 is 18.7 Å². The second-order valence-corrected chi connectivity index (χ2v) is 6.60. The number of piperidine rings is 1. The minimum atomic E-state index is -0.0580. The minimum Gasteiger partial charge on any atom is -0.495 e. The predicted octanol–water partition coefficient (Wildman–Crippen LogP) is 2.26. The number of carbonyl (C=O) groups excluding carboxylic acids is 2. The summed E-state index contributed by atoms with van der Waals surface area (Å²) in [6, 6.07) is 11.0. The zero-order valence-corrected chi connectivity index (χ0v) is 15.4. The zero-order valence-electron chi connectivity index (χ0n) is 15.4. The molecule has 1 saturated heterocycles. The van der Waals surface area contributed by atoms with Crippen molar-refractivity contribution in [2.45, 2.75) is 19.4 Å². The fraction of sp³-hybridized carbons (Fsp3) is 0.400. The molecule has 2 N–H and O–H groups in total. The van der Waals surface area contributed by atoms with Crippen molar-refractivity contribution in [3.05, 3.63) is 48.4 Å². The average Bonchev–Trinajstić information content (AvgIpc) is 3.21. The van der Waals surface area contributed by atoms with Crippen LogP contribution in [0.2, 0.25) is 0 Å². The molecule has 2 aromatic rings. The maximum absolute atomic E-state index is 12.5. The molecule has 0 aliphatic carbocycles. The van der Waals surface area contributed by atoms with E-state index in [4.69, 9.17) is 9.15 Å². The molecule has 3 rings (SSSR count). The normalized spacial score (nSPS) is 15.3. The standard InChI is InChI=1S/C20H25N3O4/c1-26-18-7-3-2-6-17(18)22-20(25)15-8-10-23(11-9-15)14-19(24)21-13-16-5-4-12-27-16/h2-7,12,15H,8-11,13-14H2,1H3,(H,21,24)(H,22,25). The maximum Gasteiger partial charge on any atom is 0.234 e. The Balaban J connectivity index is 1.41. The van der Waals surface area contributed by atoms with Crippen LogP contribution in [-0.4, -0.2) is 43.5 Å². The molecule has 1 aliphatic rings. The number of likely N-dealkylation sites (tertiary alicyclic amines) is 1. The van der Waals surface area contributed by atoms with Gasteiger partial charge in [-0.15, -0.1) is 0 Å². The van der Waals surface area contributed by atoms with Gasteiger partial charge in [-0.25, -0.2) is 0 Å². The average molecular weight is 371 g/mol. The first-order chi connectivity index (χ1) is 13.2. The van der Waals surface area contributed by atoms with Gasteiger partial charge < -0.3 is 19.8 Å². The summed E-state index contributed by atoms with van der Waals surface area (Å²) in [5.74, 6) is 1.29. The Hall–Kier alpha value is -2.80. The first kappa shape index (κ1) is 19.0. The fourth-order valence-corrected chi connectivity index (χ4v) is 3.19. The number of hydrogen-bond acceptors (Lipinski definition) is 5. The Kier molecular flexibility index (Phi) is 6.49. The lowest BCUT2D eigenvalue weighted by Gasteiger charge is -2.30. The Labute approximate surface area is 158 Å². The van der Waals surface area contributed by atoms with E-state index < -0.39 is 0 Å². The lowest BCUT2D eigenvalue weighted by Crippen LogP contribution is -2.43. The maximum atomic E-state index is 12.5. The summed E-state index contributed by atoms with van der Waals surface area (Å²) in [6.07, 6.45) is 3.04. The molecule has 1 aromatic heterocycles. The molecule has 144 valence electrons. The highest BCUT2D eigenvalue weighted by atomic mass is 16.5. The zero-order chi connectivity index (χ0) is 19.1. The van der Waals surface area contributed by atoms with Crippen LogP contribution in [0.1, 0.15) is 18.6 Å². The van der Waals surface area contributed by atoms with Gasteiger partial charge in [0.1, 0.15) is 11.5 Å². The van der Waals surface area contributed by atoms with Crippen molar-refractivity contribution in [3.8, 4) is 5.75 Å². The fourth-order valence-electron chi connectivity index (χ4n) is 3.19. The van der Waals surface area contributed by atoms with Crippen LogP contribution >= 0.6 is 0 Å². The van der Waals surface area contributed by atoms with Crippen LogP contribution in [0.5, 0.6) is 5.75 Å². The number of amides is 2. The summed E-state index contributed by atoms with van der Waals surface area (Å²) in [4.78, 5) is 26.6. The van der Waals surface area contributed by atoms with Crippen LogP contribution in [0.3, 0.4) is 0 Å². The molecule has 1 aliphatic heterocycles. The Morgan fingerprint density at radius 2 is 1.96 bits per heavy atom. The van der Waals surface area contributed by atoms with Gasteiger partial charge >= 0.3 is 0 Å². The molecule has 0 unspecified atom stereocenters. The first-order valence-electron chi connectivity index (χ1n) is 9.11. The summed E-state index contributed by atoms with van der Waals surface area (Å²) in [7, 11) is 1.58. The van der Waals surface area contributed by atoms with Crippen molar-refractivity contribution in [2.75, 3.05) is 32.1 Å². The van der Waals surface area contributed by atoms with Gasteiger partial charge in [-0.05, 0) is 50.2 Å². The van der Waals surface area contributed by atoms with Gasteiger partial charge in [0.15, 0.2) is 0 Å². The number of nitrogens with one attached hydrogen (secondary N) is 2. The molecular weight excluding hydrogens is 346 g/mol. The van der Waals surface area contributed by atoms with E-state index in [-0.39, 0.29) is 17.7 Å². The van der Waals surface area contributed by atoms with E-state index in [9.17, 15) is 9.59 Å². The smallest absolute Gasteiger partial charge is 0.234 e. The third-order valence-corrected chi connectivity index (χ3v) is 4.73. The monoisotopic (exact) mass is 371 g/mol. The van der Waals surface area contributed by atoms with E-state index in [1.54, 1.807) is 19.4 Å². The molecule has 27 heavy (non-hydrogen) atoms. The first-order valence-corrected chi connectivity index (χ1v) is 9.11. The van der Waals surface area contributed by atoms with Crippen molar-refractivity contribution >= 4 is 17.5 Å². The third-order valence-electron chi connectivity index (χ3n) is 4.73. The van der Waals surface area contributed by atoms with Crippen LogP contribution < -0.4 is 15.4 Å². The number of hydrogen-bond donors (Lipinski definition) is 2. The number of furan rings is 1. The molecule has 7 nitrogen and oxygen atoms in total. The van der Waals surface area contributed by atoms with Crippen LogP contribution in [0.15, 0.2) is 47.1 Å². The van der Waals surface area contributed by atoms with Gasteiger partial charge in [0.2, 0.25) is 11.8 Å². The predicted molar refractivity (Wildman–Crippen MR) is 101 cm³/mol. The molecule has 2 amide bonds. The Morgan fingerprint density at radius 3 is 2.67 bits per heavy atom. The van der Waals surface area contributed by atoms with Crippen LogP contribution in [0.25, 0.3) is 0 Å². The Bertz CT molecular complexity index is 752. The molecule has 0 bridgehead atoms. The van der Waals surface area contributed by atoms with Gasteiger partial charge in [0.05, 0.1) is 32.1 Å². The molecule has 1 aromatic carbocycles. The van der Waals surface area contributed by atoms with Gasteiger partial charge in [0, 0.05) is 5.92 Å². The van der Waals surface area contributed by atoms with E-state index in [1.165, 1.54) is 0 Å². The van der Waals surface area contributed by atoms with Gasteiger partial charge in [-0.1, -0.05) is 12.1 Å². The van der Waals surface area contributed by atoms with E-state index >= 15 is 0 Å². The van der Waals surface area contributed by atoms with Gasteiger partial charge in [-0.2, -0.15) is 0 Å². The number of methoxy groups -OCH3 is 1. The van der Waals surface area contributed by atoms with Gasteiger partial charge in [0.25, 0.3) is 0 Å². The van der Waals surface area contributed by atoms with Crippen LogP contribution in [0, 0.1) is 5.92 Å². The Morgan fingerprint density at radius 1 is 1.19 bits per heavy atom.